The highest BCUT2D eigenvalue weighted by Crippen LogP contribution is 2.20. The number of halogens is 2. The molecule has 0 aromatic heterocycles. The van der Waals surface area contributed by atoms with Crippen molar-refractivity contribution in [2.75, 3.05) is 0 Å². The molecule has 0 bridgehead atoms. The molecule has 0 aliphatic carbocycles. The smallest absolute Gasteiger partial charge is 0.141 e. The molecule has 0 saturated carbocycles. The predicted octanol–water partition coefficient (Wildman–Crippen LogP) is 4.56. The Morgan fingerprint density at radius 2 is 1.90 bits per heavy atom. The van der Waals surface area contributed by atoms with Crippen molar-refractivity contribution in [1.82, 2.24) is 5.32 Å². The molecule has 0 unspecified atom stereocenters. The van der Waals surface area contributed by atoms with Gasteiger partial charge in [0.1, 0.15) is 11.6 Å². The van der Waals surface area contributed by atoms with Gasteiger partial charge < -0.3 is 10.1 Å². The molecule has 0 fully saturated rings. The van der Waals surface area contributed by atoms with Crippen molar-refractivity contribution >= 4 is 11.6 Å². The summed E-state index contributed by atoms with van der Waals surface area (Å²) in [5.41, 5.74) is 2.04. The third-order valence-electron chi connectivity index (χ3n) is 2.96. The van der Waals surface area contributed by atoms with Crippen LogP contribution in [0.25, 0.3) is 0 Å². The molecular formula is C17H19ClFNO. The molecule has 0 aliphatic rings. The van der Waals surface area contributed by atoms with E-state index in [1.54, 1.807) is 12.1 Å². The van der Waals surface area contributed by atoms with E-state index in [2.05, 4.69) is 5.32 Å². The number of hydrogen-bond acceptors (Lipinski definition) is 2. The van der Waals surface area contributed by atoms with Gasteiger partial charge >= 0.3 is 0 Å². The van der Waals surface area contributed by atoms with Crippen LogP contribution in [0.15, 0.2) is 42.5 Å². The molecule has 2 nitrogen and oxygen atoms in total. The summed E-state index contributed by atoms with van der Waals surface area (Å²) in [5.74, 6) is 0.494. The fourth-order valence-corrected chi connectivity index (χ4v) is 2.21. The first-order valence-electron chi connectivity index (χ1n) is 6.95. The molecule has 2 aromatic carbocycles. The second-order valence-electron chi connectivity index (χ2n) is 5.13. The molecule has 0 radical (unpaired) electrons. The van der Waals surface area contributed by atoms with Crippen LogP contribution in [0, 0.1) is 5.82 Å². The zero-order valence-corrected chi connectivity index (χ0v) is 13.0. The minimum Gasteiger partial charge on any atom is -0.491 e. The number of ether oxygens (including phenoxy) is 1. The zero-order chi connectivity index (χ0) is 15.2. The summed E-state index contributed by atoms with van der Waals surface area (Å²) in [6.07, 6.45) is 0.141. The van der Waals surface area contributed by atoms with E-state index in [1.165, 1.54) is 6.07 Å². The quantitative estimate of drug-likeness (QED) is 0.845. The van der Waals surface area contributed by atoms with Crippen molar-refractivity contribution in [3.8, 4) is 5.75 Å². The highest BCUT2D eigenvalue weighted by atomic mass is 35.5. The monoisotopic (exact) mass is 307 g/mol. The van der Waals surface area contributed by atoms with Gasteiger partial charge in [0.15, 0.2) is 0 Å². The largest absolute Gasteiger partial charge is 0.491 e. The third kappa shape index (κ3) is 4.73. The molecule has 1 N–H and O–H groups in total. The van der Waals surface area contributed by atoms with Crippen LogP contribution < -0.4 is 10.1 Å². The number of rotatable bonds is 6. The van der Waals surface area contributed by atoms with Crippen LogP contribution in [-0.4, -0.2) is 6.10 Å². The maximum atomic E-state index is 13.1. The summed E-state index contributed by atoms with van der Waals surface area (Å²) in [6.45, 7) is 5.31. The van der Waals surface area contributed by atoms with E-state index < -0.39 is 5.82 Å². The minimum absolute atomic E-state index is 0.141. The van der Waals surface area contributed by atoms with Gasteiger partial charge in [0, 0.05) is 18.7 Å². The fourth-order valence-electron chi connectivity index (χ4n) is 2.01. The molecule has 2 rings (SSSR count). The van der Waals surface area contributed by atoms with Crippen molar-refractivity contribution < 1.29 is 9.13 Å². The standard InChI is InChI=1S/C17H19ClFNO/c1-12(2)21-17-6-4-3-5-14(17)11-20-10-13-7-8-16(19)15(18)9-13/h3-9,12,20H,10-11H2,1-2H3. The Morgan fingerprint density at radius 3 is 2.62 bits per heavy atom. The molecule has 0 atom stereocenters. The molecule has 112 valence electrons. The van der Waals surface area contributed by atoms with Crippen LogP contribution in [0.3, 0.4) is 0 Å². The number of benzene rings is 2. The van der Waals surface area contributed by atoms with Gasteiger partial charge in [-0.05, 0) is 37.6 Å². The summed E-state index contributed by atoms with van der Waals surface area (Å²) in [7, 11) is 0. The topological polar surface area (TPSA) is 21.3 Å². The Hall–Kier alpha value is -1.58. The number of nitrogens with one attached hydrogen (secondary N) is 1. The maximum absolute atomic E-state index is 13.1. The average molecular weight is 308 g/mol. The normalized spacial score (nSPS) is 10.9. The summed E-state index contributed by atoms with van der Waals surface area (Å²) < 4.78 is 18.9. The number of hydrogen-bond donors (Lipinski definition) is 1. The van der Waals surface area contributed by atoms with Crippen molar-refractivity contribution in [1.29, 1.82) is 0 Å². The van der Waals surface area contributed by atoms with Gasteiger partial charge in [-0.1, -0.05) is 35.9 Å². The lowest BCUT2D eigenvalue weighted by Gasteiger charge is -2.14. The van der Waals surface area contributed by atoms with Crippen molar-refractivity contribution in [2.45, 2.75) is 33.0 Å². The highest BCUT2D eigenvalue weighted by molar-refractivity contribution is 6.30. The van der Waals surface area contributed by atoms with E-state index in [0.29, 0.717) is 13.1 Å². The molecule has 4 heteroatoms. The van der Waals surface area contributed by atoms with Gasteiger partial charge in [-0.15, -0.1) is 0 Å². The molecule has 0 amide bonds. The fraction of sp³-hybridized carbons (Fsp3) is 0.294. The van der Waals surface area contributed by atoms with E-state index in [9.17, 15) is 4.39 Å². The van der Waals surface area contributed by atoms with Gasteiger partial charge in [0.2, 0.25) is 0 Å². The first-order chi connectivity index (χ1) is 10.1. The Bertz CT molecular complexity index is 601. The summed E-state index contributed by atoms with van der Waals surface area (Å²) in [4.78, 5) is 0. The second kappa shape index (κ2) is 7.43. The van der Waals surface area contributed by atoms with E-state index in [0.717, 1.165) is 16.9 Å². The van der Waals surface area contributed by atoms with Gasteiger partial charge in [-0.3, -0.25) is 0 Å². The van der Waals surface area contributed by atoms with Crippen LogP contribution in [0.1, 0.15) is 25.0 Å². The zero-order valence-electron chi connectivity index (χ0n) is 12.2. The van der Waals surface area contributed by atoms with Crippen LogP contribution in [-0.2, 0) is 13.1 Å². The van der Waals surface area contributed by atoms with E-state index >= 15 is 0 Å². The van der Waals surface area contributed by atoms with Crippen LogP contribution >= 0.6 is 11.6 Å². The third-order valence-corrected chi connectivity index (χ3v) is 3.25. The van der Waals surface area contributed by atoms with Crippen molar-refractivity contribution in [3.05, 3.63) is 64.4 Å². The average Bonchev–Trinajstić information content (AvgIpc) is 2.44. The predicted molar refractivity (Wildman–Crippen MR) is 84.2 cm³/mol. The molecular weight excluding hydrogens is 289 g/mol. The van der Waals surface area contributed by atoms with Gasteiger partial charge in [0.05, 0.1) is 11.1 Å². The lowest BCUT2D eigenvalue weighted by molar-refractivity contribution is 0.239. The van der Waals surface area contributed by atoms with E-state index in [4.69, 9.17) is 16.3 Å². The Kier molecular flexibility index (Phi) is 5.59. The molecule has 0 spiro atoms. The Morgan fingerprint density at radius 1 is 1.14 bits per heavy atom. The number of para-hydroxylation sites is 1. The molecule has 0 heterocycles. The van der Waals surface area contributed by atoms with Gasteiger partial charge in [-0.2, -0.15) is 0 Å². The van der Waals surface area contributed by atoms with Gasteiger partial charge in [0.25, 0.3) is 0 Å². The second-order valence-corrected chi connectivity index (χ2v) is 5.53. The first kappa shape index (κ1) is 15.8. The molecule has 0 aliphatic heterocycles. The van der Waals surface area contributed by atoms with E-state index in [1.807, 2.05) is 38.1 Å². The van der Waals surface area contributed by atoms with Crippen molar-refractivity contribution in [2.24, 2.45) is 0 Å². The Balaban J connectivity index is 1.95. The van der Waals surface area contributed by atoms with Crippen molar-refractivity contribution in [3.63, 3.8) is 0 Å². The van der Waals surface area contributed by atoms with E-state index in [-0.39, 0.29) is 11.1 Å². The molecule has 21 heavy (non-hydrogen) atoms. The lowest BCUT2D eigenvalue weighted by Crippen LogP contribution is -2.15. The SMILES string of the molecule is CC(C)Oc1ccccc1CNCc1ccc(F)c(Cl)c1. The van der Waals surface area contributed by atoms with Crippen LogP contribution in [0.5, 0.6) is 5.75 Å². The minimum atomic E-state index is -0.393. The summed E-state index contributed by atoms with van der Waals surface area (Å²) in [6, 6.07) is 12.7. The first-order valence-corrected chi connectivity index (χ1v) is 7.33. The highest BCUT2D eigenvalue weighted by Gasteiger charge is 2.05. The van der Waals surface area contributed by atoms with Gasteiger partial charge in [-0.25, -0.2) is 4.39 Å². The molecule has 0 saturated heterocycles. The summed E-state index contributed by atoms with van der Waals surface area (Å²) in [5, 5.41) is 3.47. The summed E-state index contributed by atoms with van der Waals surface area (Å²) >= 11 is 5.77. The lowest BCUT2D eigenvalue weighted by atomic mass is 10.2. The molecule has 2 aromatic rings. The Labute approximate surface area is 129 Å². The van der Waals surface area contributed by atoms with Crippen LogP contribution in [0.2, 0.25) is 5.02 Å². The maximum Gasteiger partial charge on any atom is 0.141 e. The van der Waals surface area contributed by atoms with Crippen LogP contribution in [0.4, 0.5) is 4.39 Å².